The number of urea groups is 1. The van der Waals surface area contributed by atoms with Crippen LogP contribution in [0.15, 0.2) is 53.4 Å². The van der Waals surface area contributed by atoms with Crippen molar-refractivity contribution in [3.63, 3.8) is 0 Å². The summed E-state index contributed by atoms with van der Waals surface area (Å²) in [6, 6.07) is 13.9. The summed E-state index contributed by atoms with van der Waals surface area (Å²) < 4.78 is 5.19. The summed E-state index contributed by atoms with van der Waals surface area (Å²) in [4.78, 5) is 38.5. The molecule has 1 fully saturated rings. The van der Waals surface area contributed by atoms with E-state index in [1.807, 2.05) is 31.2 Å². The Kier molecular flexibility index (Phi) is 5.60. The number of aryl methyl sites for hydroxylation is 1. The number of hydrogen-bond donors (Lipinski definition) is 2. The van der Waals surface area contributed by atoms with Gasteiger partial charge in [-0.3, -0.25) is 15.0 Å². The van der Waals surface area contributed by atoms with Crippen molar-refractivity contribution in [2.45, 2.75) is 24.3 Å². The van der Waals surface area contributed by atoms with Crippen LogP contribution in [-0.4, -0.2) is 35.7 Å². The van der Waals surface area contributed by atoms with Crippen molar-refractivity contribution in [1.29, 1.82) is 0 Å². The van der Waals surface area contributed by atoms with Gasteiger partial charge in [-0.05, 0) is 43.2 Å². The predicted molar refractivity (Wildman–Crippen MR) is 106 cm³/mol. The van der Waals surface area contributed by atoms with Gasteiger partial charge in [0.25, 0.3) is 5.91 Å². The summed E-state index contributed by atoms with van der Waals surface area (Å²) in [5.41, 5.74) is 2.74. The number of rotatable bonds is 6. The topological polar surface area (TPSA) is 87.7 Å². The molecular formula is C20H21N3O4S. The van der Waals surface area contributed by atoms with Crippen LogP contribution < -0.4 is 15.5 Å². The molecule has 0 aromatic heterocycles. The van der Waals surface area contributed by atoms with E-state index < -0.39 is 23.4 Å². The van der Waals surface area contributed by atoms with Gasteiger partial charge in [-0.2, -0.15) is 5.01 Å². The summed E-state index contributed by atoms with van der Waals surface area (Å²) in [5, 5.41) is 3.38. The summed E-state index contributed by atoms with van der Waals surface area (Å²) in [5.74, 6) is -0.345. The molecule has 2 aromatic carbocycles. The number of nitrogens with one attached hydrogen (secondary N) is 2. The molecule has 0 saturated carbocycles. The third-order valence-electron chi connectivity index (χ3n) is 4.53. The number of nitrogens with zero attached hydrogens (tertiary/aromatic N) is 1. The maximum absolute atomic E-state index is 12.9. The van der Waals surface area contributed by atoms with Crippen molar-refractivity contribution in [1.82, 2.24) is 15.8 Å². The van der Waals surface area contributed by atoms with E-state index in [4.69, 9.17) is 4.74 Å². The van der Waals surface area contributed by atoms with Gasteiger partial charge in [0.2, 0.25) is 5.91 Å². The largest absolute Gasteiger partial charge is 0.497 e. The zero-order chi connectivity index (χ0) is 20.3. The Labute approximate surface area is 167 Å². The first-order valence-electron chi connectivity index (χ1n) is 8.64. The molecular weight excluding hydrogens is 378 g/mol. The van der Waals surface area contributed by atoms with E-state index in [0.717, 1.165) is 15.5 Å². The summed E-state index contributed by atoms with van der Waals surface area (Å²) in [6.45, 7) is 3.55. The molecule has 0 unspecified atom stereocenters. The van der Waals surface area contributed by atoms with Crippen molar-refractivity contribution >= 4 is 29.6 Å². The smallest absolute Gasteiger partial charge is 0.344 e. The maximum Gasteiger partial charge on any atom is 0.344 e. The molecule has 1 saturated heterocycles. The molecule has 28 heavy (non-hydrogen) atoms. The lowest BCUT2D eigenvalue weighted by Crippen LogP contribution is -2.48. The molecule has 2 aromatic rings. The molecule has 0 radical (unpaired) electrons. The molecule has 2 N–H and O–H groups in total. The Hall–Kier alpha value is -3.00. The predicted octanol–water partition coefficient (Wildman–Crippen LogP) is 2.59. The number of ether oxygens (including phenoxy) is 1. The van der Waals surface area contributed by atoms with Crippen LogP contribution in [0.3, 0.4) is 0 Å². The first-order valence-corrected chi connectivity index (χ1v) is 9.63. The molecule has 8 heteroatoms. The Balaban J connectivity index is 1.69. The highest BCUT2D eigenvalue weighted by atomic mass is 32.2. The lowest BCUT2D eigenvalue weighted by Gasteiger charge is -2.22. The van der Waals surface area contributed by atoms with Crippen LogP contribution in [0.4, 0.5) is 4.79 Å². The second kappa shape index (κ2) is 7.93. The van der Waals surface area contributed by atoms with E-state index in [2.05, 4.69) is 10.7 Å². The van der Waals surface area contributed by atoms with Gasteiger partial charge in [-0.25, -0.2) is 4.79 Å². The molecule has 1 atom stereocenters. The molecule has 0 aliphatic carbocycles. The number of thioether (sulfide) groups is 1. The SMILES string of the molecule is COc1cccc([C@@]2(C)NC(=O)N(NC(=O)CSc3ccccc3C)C2=O)c1. The van der Waals surface area contributed by atoms with Crippen molar-refractivity contribution < 1.29 is 19.1 Å². The Morgan fingerprint density at radius 3 is 2.68 bits per heavy atom. The first kappa shape index (κ1) is 19.8. The molecule has 0 bridgehead atoms. The standard InChI is InChI=1S/C20H21N3O4S/c1-13-7-4-5-10-16(13)28-12-17(24)22-23-18(25)20(2,21-19(23)26)14-8-6-9-15(11-14)27-3/h4-11H,12H2,1-3H3,(H,21,26)(H,22,24)/t20-/m1/s1. The van der Waals surface area contributed by atoms with E-state index >= 15 is 0 Å². The maximum atomic E-state index is 12.9. The van der Waals surface area contributed by atoms with Gasteiger partial charge < -0.3 is 10.1 Å². The summed E-state index contributed by atoms with van der Waals surface area (Å²) in [6.07, 6.45) is 0. The average Bonchev–Trinajstić information content (AvgIpc) is 2.91. The number of benzene rings is 2. The fourth-order valence-corrected chi connectivity index (χ4v) is 3.71. The molecule has 4 amide bonds. The van der Waals surface area contributed by atoms with E-state index in [9.17, 15) is 14.4 Å². The number of methoxy groups -OCH3 is 1. The van der Waals surface area contributed by atoms with Gasteiger partial charge in [0.15, 0.2) is 0 Å². The third kappa shape index (κ3) is 3.82. The zero-order valence-corrected chi connectivity index (χ0v) is 16.6. The second-order valence-electron chi connectivity index (χ2n) is 6.52. The number of carbonyl (C=O) groups is 3. The fourth-order valence-electron chi connectivity index (χ4n) is 2.89. The zero-order valence-electron chi connectivity index (χ0n) is 15.8. The van der Waals surface area contributed by atoms with E-state index in [-0.39, 0.29) is 5.75 Å². The summed E-state index contributed by atoms with van der Waals surface area (Å²) >= 11 is 1.34. The van der Waals surface area contributed by atoms with Crippen LogP contribution in [0.2, 0.25) is 0 Å². The number of hydrogen-bond acceptors (Lipinski definition) is 5. The molecule has 146 valence electrons. The lowest BCUT2D eigenvalue weighted by atomic mass is 9.92. The fraction of sp³-hybridized carbons (Fsp3) is 0.250. The van der Waals surface area contributed by atoms with Crippen LogP contribution in [0, 0.1) is 6.92 Å². The van der Waals surface area contributed by atoms with Crippen LogP contribution in [0.25, 0.3) is 0 Å². The average molecular weight is 399 g/mol. The summed E-state index contributed by atoms with van der Waals surface area (Å²) in [7, 11) is 1.52. The third-order valence-corrected chi connectivity index (χ3v) is 5.70. The van der Waals surface area contributed by atoms with Crippen LogP contribution in [-0.2, 0) is 15.1 Å². The Bertz CT molecular complexity index is 933. The quantitative estimate of drug-likeness (QED) is 0.576. The van der Waals surface area contributed by atoms with Crippen molar-refractivity contribution in [2.24, 2.45) is 0 Å². The van der Waals surface area contributed by atoms with Crippen LogP contribution in [0.1, 0.15) is 18.1 Å². The monoisotopic (exact) mass is 399 g/mol. The highest BCUT2D eigenvalue weighted by molar-refractivity contribution is 8.00. The van der Waals surface area contributed by atoms with Gasteiger partial charge in [0, 0.05) is 4.90 Å². The number of hydrazine groups is 1. The molecule has 0 spiro atoms. The van der Waals surface area contributed by atoms with E-state index in [0.29, 0.717) is 11.3 Å². The van der Waals surface area contributed by atoms with Crippen LogP contribution in [0.5, 0.6) is 5.75 Å². The van der Waals surface area contributed by atoms with Crippen molar-refractivity contribution in [2.75, 3.05) is 12.9 Å². The van der Waals surface area contributed by atoms with Gasteiger partial charge in [-0.15, -0.1) is 11.8 Å². The highest BCUT2D eigenvalue weighted by Gasteiger charge is 2.50. The number of imide groups is 1. The van der Waals surface area contributed by atoms with Crippen molar-refractivity contribution in [3.8, 4) is 5.75 Å². The first-order chi connectivity index (χ1) is 13.3. The van der Waals surface area contributed by atoms with Gasteiger partial charge in [-0.1, -0.05) is 30.3 Å². The second-order valence-corrected chi connectivity index (χ2v) is 7.53. The van der Waals surface area contributed by atoms with E-state index in [1.165, 1.54) is 18.9 Å². The Morgan fingerprint density at radius 1 is 1.21 bits per heavy atom. The highest BCUT2D eigenvalue weighted by Crippen LogP contribution is 2.30. The minimum Gasteiger partial charge on any atom is -0.497 e. The van der Waals surface area contributed by atoms with Crippen molar-refractivity contribution in [3.05, 3.63) is 59.7 Å². The molecule has 3 rings (SSSR count). The Morgan fingerprint density at radius 2 is 1.96 bits per heavy atom. The molecule has 1 aliphatic rings. The number of carbonyl (C=O) groups excluding carboxylic acids is 3. The lowest BCUT2D eigenvalue weighted by molar-refractivity contribution is -0.138. The van der Waals surface area contributed by atoms with Gasteiger partial charge >= 0.3 is 6.03 Å². The van der Waals surface area contributed by atoms with Crippen LogP contribution >= 0.6 is 11.8 Å². The molecule has 1 aliphatic heterocycles. The minimum absolute atomic E-state index is 0.0811. The van der Waals surface area contributed by atoms with Gasteiger partial charge in [0.05, 0.1) is 12.9 Å². The van der Waals surface area contributed by atoms with E-state index in [1.54, 1.807) is 31.2 Å². The molecule has 1 heterocycles. The molecule has 7 nitrogen and oxygen atoms in total. The normalized spacial score (nSPS) is 18.8. The van der Waals surface area contributed by atoms with Gasteiger partial charge in [0.1, 0.15) is 11.3 Å². The number of amides is 4. The minimum atomic E-state index is -1.29.